The molecule has 2 atom stereocenters. The van der Waals surface area contributed by atoms with Gasteiger partial charge in [-0.3, -0.25) is 0 Å². The Labute approximate surface area is 104 Å². The summed E-state index contributed by atoms with van der Waals surface area (Å²) in [7, 11) is 0. The molecule has 0 spiro atoms. The predicted molar refractivity (Wildman–Crippen MR) is 69.5 cm³/mol. The number of ether oxygens (including phenoxy) is 1. The van der Waals surface area contributed by atoms with Crippen molar-refractivity contribution >= 4 is 0 Å². The summed E-state index contributed by atoms with van der Waals surface area (Å²) in [5, 5.41) is 9.93. The first-order chi connectivity index (χ1) is 8.08. The number of aliphatic hydroxyl groups excluding tert-OH is 1. The van der Waals surface area contributed by atoms with Crippen molar-refractivity contribution in [3.05, 3.63) is 28.8 Å². The molecule has 2 unspecified atom stereocenters. The normalized spacial score (nSPS) is 24.7. The van der Waals surface area contributed by atoms with E-state index in [2.05, 4.69) is 32.9 Å². The third-order valence-corrected chi connectivity index (χ3v) is 3.71. The van der Waals surface area contributed by atoms with Crippen LogP contribution in [-0.4, -0.2) is 17.3 Å². The van der Waals surface area contributed by atoms with Gasteiger partial charge in [-0.25, -0.2) is 0 Å². The van der Waals surface area contributed by atoms with Gasteiger partial charge < -0.3 is 9.84 Å². The fourth-order valence-electron chi connectivity index (χ4n) is 2.50. The summed E-state index contributed by atoms with van der Waals surface area (Å²) in [5.74, 6) is 0.938. The summed E-state index contributed by atoms with van der Waals surface area (Å²) in [6, 6.07) is 4.24. The highest BCUT2D eigenvalue weighted by molar-refractivity contribution is 5.42. The first-order valence-corrected chi connectivity index (χ1v) is 6.50. The summed E-state index contributed by atoms with van der Waals surface area (Å²) < 4.78 is 6.01. The number of rotatable bonds is 2. The summed E-state index contributed by atoms with van der Waals surface area (Å²) in [5.41, 5.74) is 3.66. The van der Waals surface area contributed by atoms with Gasteiger partial charge in [-0.1, -0.05) is 12.5 Å². The quantitative estimate of drug-likeness (QED) is 0.850. The van der Waals surface area contributed by atoms with Crippen molar-refractivity contribution < 1.29 is 9.84 Å². The van der Waals surface area contributed by atoms with E-state index in [1.165, 1.54) is 16.7 Å². The molecule has 2 nitrogen and oxygen atoms in total. The van der Waals surface area contributed by atoms with Crippen LogP contribution in [0.5, 0.6) is 5.75 Å². The lowest BCUT2D eigenvalue weighted by Gasteiger charge is -2.29. The molecule has 0 radical (unpaired) electrons. The van der Waals surface area contributed by atoms with Gasteiger partial charge in [-0.05, 0) is 62.8 Å². The molecule has 0 saturated heterocycles. The largest absolute Gasteiger partial charge is 0.487 e. The molecule has 0 heterocycles. The van der Waals surface area contributed by atoms with Gasteiger partial charge in [0.1, 0.15) is 11.9 Å². The average molecular weight is 234 g/mol. The third-order valence-electron chi connectivity index (χ3n) is 3.71. The third kappa shape index (κ3) is 2.81. The van der Waals surface area contributed by atoms with E-state index < -0.39 is 0 Å². The van der Waals surface area contributed by atoms with Gasteiger partial charge in [0.05, 0.1) is 6.10 Å². The molecule has 0 aromatic heterocycles. The van der Waals surface area contributed by atoms with Gasteiger partial charge in [-0.2, -0.15) is 0 Å². The van der Waals surface area contributed by atoms with Crippen LogP contribution in [0, 0.1) is 20.8 Å². The molecule has 1 N–H and O–H groups in total. The molecule has 1 aromatic rings. The lowest BCUT2D eigenvalue weighted by molar-refractivity contribution is 0.00648. The maximum Gasteiger partial charge on any atom is 0.124 e. The molecule has 1 fully saturated rings. The van der Waals surface area contributed by atoms with Crippen LogP contribution in [0.4, 0.5) is 0 Å². The van der Waals surface area contributed by atoms with Crippen LogP contribution in [0.2, 0.25) is 0 Å². The molecule has 0 amide bonds. The zero-order chi connectivity index (χ0) is 12.4. The van der Waals surface area contributed by atoms with E-state index in [4.69, 9.17) is 4.74 Å². The SMILES string of the molecule is Cc1cc(C)c(C)c(OC2CCCCC2O)c1. The molecule has 2 rings (SSSR count). The van der Waals surface area contributed by atoms with Crippen LogP contribution >= 0.6 is 0 Å². The Balaban J connectivity index is 2.17. The molecule has 0 bridgehead atoms. The number of aryl methyl sites for hydroxylation is 2. The molecule has 1 saturated carbocycles. The second-order valence-electron chi connectivity index (χ2n) is 5.21. The van der Waals surface area contributed by atoms with Gasteiger partial charge in [0, 0.05) is 0 Å². The standard InChI is InChI=1S/C15H22O2/c1-10-8-11(2)12(3)15(9-10)17-14-7-5-4-6-13(14)16/h8-9,13-14,16H,4-7H2,1-3H3. The lowest BCUT2D eigenvalue weighted by atomic mass is 9.94. The minimum Gasteiger partial charge on any atom is -0.487 e. The second kappa shape index (κ2) is 5.09. The second-order valence-corrected chi connectivity index (χ2v) is 5.21. The Hall–Kier alpha value is -1.02. The van der Waals surface area contributed by atoms with Crippen molar-refractivity contribution in [1.29, 1.82) is 0 Å². The fourth-order valence-corrected chi connectivity index (χ4v) is 2.50. The minimum absolute atomic E-state index is 0.0244. The zero-order valence-corrected chi connectivity index (χ0v) is 11.0. The monoisotopic (exact) mass is 234 g/mol. The zero-order valence-electron chi connectivity index (χ0n) is 11.0. The number of hydrogen-bond donors (Lipinski definition) is 1. The van der Waals surface area contributed by atoms with Crippen molar-refractivity contribution in [2.24, 2.45) is 0 Å². The van der Waals surface area contributed by atoms with E-state index >= 15 is 0 Å². The van der Waals surface area contributed by atoms with E-state index in [1.807, 2.05) is 0 Å². The Morgan fingerprint density at radius 1 is 1.12 bits per heavy atom. The summed E-state index contributed by atoms with van der Waals surface area (Å²) in [4.78, 5) is 0. The lowest BCUT2D eigenvalue weighted by Crippen LogP contribution is -2.34. The fraction of sp³-hybridized carbons (Fsp3) is 0.600. The van der Waals surface area contributed by atoms with Gasteiger partial charge >= 0.3 is 0 Å². The Morgan fingerprint density at radius 2 is 1.82 bits per heavy atom. The summed E-state index contributed by atoms with van der Waals surface area (Å²) in [6.45, 7) is 6.27. The molecule has 1 aromatic carbocycles. The molecule has 94 valence electrons. The number of aliphatic hydroxyl groups is 1. The van der Waals surface area contributed by atoms with E-state index in [0.717, 1.165) is 31.4 Å². The molecule has 2 heteroatoms. The Morgan fingerprint density at radius 3 is 2.53 bits per heavy atom. The molecular formula is C15H22O2. The van der Waals surface area contributed by atoms with Crippen molar-refractivity contribution in [1.82, 2.24) is 0 Å². The first-order valence-electron chi connectivity index (χ1n) is 6.50. The summed E-state index contributed by atoms with van der Waals surface area (Å²) >= 11 is 0. The van der Waals surface area contributed by atoms with Crippen LogP contribution in [0.3, 0.4) is 0 Å². The Kier molecular flexibility index (Phi) is 3.72. The van der Waals surface area contributed by atoms with E-state index in [0.29, 0.717) is 0 Å². The van der Waals surface area contributed by atoms with Crippen molar-refractivity contribution in [3.63, 3.8) is 0 Å². The van der Waals surface area contributed by atoms with Gasteiger partial charge in [0.15, 0.2) is 0 Å². The minimum atomic E-state index is -0.302. The highest BCUT2D eigenvalue weighted by Crippen LogP contribution is 2.28. The van der Waals surface area contributed by atoms with Gasteiger partial charge in [0.2, 0.25) is 0 Å². The summed E-state index contributed by atoms with van der Waals surface area (Å²) in [6.07, 6.45) is 3.79. The average Bonchev–Trinajstić information content (AvgIpc) is 2.28. The van der Waals surface area contributed by atoms with E-state index in [-0.39, 0.29) is 12.2 Å². The molecule has 17 heavy (non-hydrogen) atoms. The maximum absolute atomic E-state index is 9.93. The van der Waals surface area contributed by atoms with Crippen LogP contribution in [0.15, 0.2) is 12.1 Å². The maximum atomic E-state index is 9.93. The number of benzene rings is 1. The van der Waals surface area contributed by atoms with Crippen LogP contribution < -0.4 is 4.74 Å². The highest BCUT2D eigenvalue weighted by atomic mass is 16.5. The van der Waals surface area contributed by atoms with Crippen LogP contribution in [0.25, 0.3) is 0 Å². The van der Waals surface area contributed by atoms with Crippen molar-refractivity contribution in [2.75, 3.05) is 0 Å². The highest BCUT2D eigenvalue weighted by Gasteiger charge is 2.25. The topological polar surface area (TPSA) is 29.5 Å². The first kappa shape index (κ1) is 12.4. The van der Waals surface area contributed by atoms with Crippen LogP contribution in [-0.2, 0) is 0 Å². The van der Waals surface area contributed by atoms with Crippen LogP contribution in [0.1, 0.15) is 42.4 Å². The molecule has 0 aliphatic heterocycles. The van der Waals surface area contributed by atoms with Crippen molar-refractivity contribution in [2.45, 2.75) is 58.7 Å². The van der Waals surface area contributed by atoms with E-state index in [9.17, 15) is 5.11 Å². The van der Waals surface area contributed by atoms with Crippen molar-refractivity contribution in [3.8, 4) is 5.75 Å². The Bertz CT molecular complexity index is 398. The smallest absolute Gasteiger partial charge is 0.124 e. The molecule has 1 aliphatic rings. The predicted octanol–water partition coefficient (Wildman–Crippen LogP) is 3.29. The number of hydrogen-bond acceptors (Lipinski definition) is 2. The van der Waals surface area contributed by atoms with E-state index in [1.54, 1.807) is 0 Å². The molecule has 1 aliphatic carbocycles. The van der Waals surface area contributed by atoms with Gasteiger partial charge in [0.25, 0.3) is 0 Å². The molecular weight excluding hydrogens is 212 g/mol. The van der Waals surface area contributed by atoms with Gasteiger partial charge in [-0.15, -0.1) is 0 Å².